The molecule has 4 heteroatoms. The largest absolute Gasteiger partial charge is 0.462 e. The minimum absolute atomic E-state index is 0.0203. The summed E-state index contributed by atoms with van der Waals surface area (Å²) in [6.07, 6.45) is 12.7. The van der Waals surface area contributed by atoms with E-state index in [2.05, 4.69) is 59.3 Å². The van der Waals surface area contributed by atoms with Crippen molar-refractivity contribution in [3.05, 3.63) is 58.8 Å². The van der Waals surface area contributed by atoms with Gasteiger partial charge in [-0.15, -0.1) is 0 Å². The first-order valence-corrected chi connectivity index (χ1v) is 12.0. The van der Waals surface area contributed by atoms with Crippen molar-refractivity contribution < 1.29 is 9.53 Å². The molecule has 0 unspecified atom stereocenters. The van der Waals surface area contributed by atoms with Crippen molar-refractivity contribution in [2.45, 2.75) is 45.1 Å². The Hall–Kier alpha value is -1.94. The summed E-state index contributed by atoms with van der Waals surface area (Å²) in [5.41, 5.74) is 3.24. The van der Waals surface area contributed by atoms with Crippen LogP contribution in [0.2, 0.25) is 0 Å². The number of pyridine rings is 1. The number of ether oxygens (including phenoxy) is 1. The van der Waals surface area contributed by atoms with Gasteiger partial charge in [-0.1, -0.05) is 59.5 Å². The summed E-state index contributed by atoms with van der Waals surface area (Å²) in [5.74, 6) is 2.18. The molecule has 3 nitrogen and oxygen atoms in total. The van der Waals surface area contributed by atoms with E-state index in [1.165, 1.54) is 25.7 Å². The van der Waals surface area contributed by atoms with Gasteiger partial charge in [-0.2, -0.15) is 0 Å². The third-order valence-corrected chi connectivity index (χ3v) is 8.00. The molecule has 3 fully saturated rings. The highest BCUT2D eigenvalue weighted by molar-refractivity contribution is 9.10. The number of cyclic esters (lactones) is 1. The maximum Gasteiger partial charge on any atom is 0.309 e. The lowest BCUT2D eigenvalue weighted by atomic mass is 9.57. The number of benzene rings is 1. The lowest BCUT2D eigenvalue weighted by molar-refractivity contribution is -0.144. The zero-order valence-corrected chi connectivity index (χ0v) is 18.9. The minimum Gasteiger partial charge on any atom is -0.462 e. The summed E-state index contributed by atoms with van der Waals surface area (Å²) in [6, 6.07) is 12.5. The number of hydrogen-bond acceptors (Lipinski definition) is 3. The highest BCUT2D eigenvalue weighted by Gasteiger charge is 2.53. The molecule has 1 aliphatic heterocycles. The molecular weight excluding hydrogens is 438 g/mol. The van der Waals surface area contributed by atoms with Gasteiger partial charge in [-0.3, -0.25) is 9.78 Å². The number of hydrogen-bond donors (Lipinski definition) is 0. The van der Waals surface area contributed by atoms with Crippen LogP contribution in [0, 0.1) is 29.6 Å². The van der Waals surface area contributed by atoms with E-state index < -0.39 is 0 Å². The molecule has 2 aliphatic carbocycles. The molecule has 0 bridgehead atoms. The molecule has 1 aromatic carbocycles. The predicted molar refractivity (Wildman–Crippen MR) is 122 cm³/mol. The zero-order chi connectivity index (χ0) is 20.7. The first-order valence-electron chi connectivity index (χ1n) is 11.2. The van der Waals surface area contributed by atoms with Crippen molar-refractivity contribution in [1.82, 2.24) is 4.98 Å². The zero-order valence-electron chi connectivity index (χ0n) is 17.3. The van der Waals surface area contributed by atoms with E-state index in [1.807, 2.05) is 18.3 Å². The van der Waals surface area contributed by atoms with E-state index >= 15 is 0 Å². The van der Waals surface area contributed by atoms with Crippen LogP contribution < -0.4 is 0 Å². The summed E-state index contributed by atoms with van der Waals surface area (Å²) in [7, 11) is 0. The first kappa shape index (κ1) is 20.0. The maximum absolute atomic E-state index is 12.4. The smallest absolute Gasteiger partial charge is 0.309 e. The molecule has 0 N–H and O–H groups in total. The fourth-order valence-corrected chi connectivity index (χ4v) is 6.54. The molecule has 1 aromatic heterocycles. The van der Waals surface area contributed by atoms with Crippen molar-refractivity contribution in [3.63, 3.8) is 0 Å². The Bertz CT molecular complexity index is 954. The molecule has 3 aliphatic rings. The second-order valence-electron chi connectivity index (χ2n) is 9.19. The average Bonchev–Trinajstić information content (AvgIpc) is 3.05. The highest BCUT2D eigenvalue weighted by atomic mass is 79.9. The van der Waals surface area contributed by atoms with Crippen molar-refractivity contribution >= 4 is 28.0 Å². The molecule has 156 valence electrons. The quantitative estimate of drug-likeness (QED) is 0.483. The highest BCUT2D eigenvalue weighted by Crippen LogP contribution is 2.53. The molecule has 5 rings (SSSR count). The van der Waals surface area contributed by atoms with Gasteiger partial charge in [0.2, 0.25) is 0 Å². The van der Waals surface area contributed by atoms with E-state index in [0.717, 1.165) is 27.7 Å². The number of carbonyl (C=O) groups excluding carboxylic acids is 1. The Labute approximate surface area is 187 Å². The maximum atomic E-state index is 12.4. The van der Waals surface area contributed by atoms with Crippen LogP contribution in [-0.4, -0.2) is 17.1 Å². The van der Waals surface area contributed by atoms with Gasteiger partial charge in [0, 0.05) is 22.2 Å². The molecule has 6 atom stereocenters. The number of nitrogens with zero attached hydrogens (tertiary/aromatic N) is 1. The van der Waals surface area contributed by atoms with E-state index in [4.69, 9.17) is 9.72 Å². The van der Waals surface area contributed by atoms with Crippen molar-refractivity contribution in [2.24, 2.45) is 29.6 Å². The second kappa shape index (κ2) is 8.30. The Morgan fingerprint density at radius 3 is 2.80 bits per heavy atom. The molecule has 2 heterocycles. The van der Waals surface area contributed by atoms with Gasteiger partial charge >= 0.3 is 5.97 Å². The molecule has 0 amide bonds. The van der Waals surface area contributed by atoms with E-state index in [1.54, 1.807) is 0 Å². The number of aromatic nitrogens is 1. The van der Waals surface area contributed by atoms with Crippen molar-refractivity contribution in [2.75, 3.05) is 0 Å². The van der Waals surface area contributed by atoms with Gasteiger partial charge in [0.25, 0.3) is 0 Å². The Morgan fingerprint density at radius 1 is 1.13 bits per heavy atom. The third-order valence-electron chi connectivity index (χ3n) is 7.51. The van der Waals surface area contributed by atoms with Crippen LogP contribution in [0.5, 0.6) is 0 Å². The first-order chi connectivity index (χ1) is 14.6. The molecule has 2 saturated carbocycles. The second-order valence-corrected chi connectivity index (χ2v) is 10.1. The Kier molecular flexibility index (Phi) is 5.53. The SMILES string of the molecule is C[C@H]1OC(=O)[C@@H]2C[C@@H]3CCCC[C@H]3[C@H](/C=C/c3ccc(-c4cccc(Br)c4)cn3)[C@H]12. The number of carbonyl (C=O) groups is 1. The van der Waals surface area contributed by atoms with Gasteiger partial charge in [0.1, 0.15) is 6.10 Å². The summed E-state index contributed by atoms with van der Waals surface area (Å²) >= 11 is 3.54. The standard InChI is InChI=1S/C26H28BrNO2/c1-16-25-23(22-8-3-2-5-18(22)14-24(25)26(29)30-16)12-11-21-10-9-19(15-28-21)17-6-4-7-20(27)13-17/h4,6-7,9-13,15-16,18,22-25H,2-3,5,8,14H2,1H3/b12-11+/t16-,18+,22-,23+,24-,25+/m1/s1. The fourth-order valence-electron chi connectivity index (χ4n) is 6.14. The topological polar surface area (TPSA) is 39.2 Å². The average molecular weight is 466 g/mol. The third kappa shape index (κ3) is 3.75. The summed E-state index contributed by atoms with van der Waals surface area (Å²) in [4.78, 5) is 17.1. The summed E-state index contributed by atoms with van der Waals surface area (Å²) < 4.78 is 6.75. The Morgan fingerprint density at radius 2 is 2.00 bits per heavy atom. The molecule has 2 aromatic rings. The summed E-state index contributed by atoms with van der Waals surface area (Å²) in [6.45, 7) is 2.08. The monoisotopic (exact) mass is 465 g/mol. The lowest BCUT2D eigenvalue weighted by Gasteiger charge is -2.45. The van der Waals surface area contributed by atoms with Crippen LogP contribution in [0.3, 0.4) is 0 Å². The van der Waals surface area contributed by atoms with Crippen LogP contribution in [-0.2, 0) is 9.53 Å². The van der Waals surface area contributed by atoms with E-state index in [-0.39, 0.29) is 18.0 Å². The number of allylic oxidation sites excluding steroid dienone is 1. The number of fused-ring (bicyclic) bond motifs is 2. The number of esters is 1. The van der Waals surface area contributed by atoms with Gasteiger partial charge in [-0.05, 0) is 67.4 Å². The van der Waals surface area contributed by atoms with Crippen LogP contribution in [0.1, 0.15) is 44.7 Å². The minimum atomic E-state index is 0.0203. The van der Waals surface area contributed by atoms with Gasteiger partial charge in [-0.25, -0.2) is 0 Å². The van der Waals surface area contributed by atoms with Crippen molar-refractivity contribution in [1.29, 1.82) is 0 Å². The van der Waals surface area contributed by atoms with Crippen LogP contribution in [0.25, 0.3) is 17.2 Å². The van der Waals surface area contributed by atoms with Crippen LogP contribution >= 0.6 is 15.9 Å². The predicted octanol–water partition coefficient (Wildman–Crippen LogP) is 6.53. The molecule has 0 radical (unpaired) electrons. The Balaban J connectivity index is 1.39. The number of halogens is 1. The lowest BCUT2D eigenvalue weighted by Crippen LogP contribution is -2.42. The van der Waals surface area contributed by atoms with E-state index in [0.29, 0.717) is 23.7 Å². The normalized spacial score (nSPS) is 33.2. The van der Waals surface area contributed by atoms with Crippen LogP contribution in [0.15, 0.2) is 53.1 Å². The number of rotatable bonds is 3. The van der Waals surface area contributed by atoms with Crippen molar-refractivity contribution in [3.8, 4) is 11.1 Å². The van der Waals surface area contributed by atoms with Crippen LogP contribution in [0.4, 0.5) is 0 Å². The fraction of sp³-hybridized carbons (Fsp3) is 0.462. The summed E-state index contributed by atoms with van der Waals surface area (Å²) in [5, 5.41) is 0. The molecular formula is C26H28BrNO2. The molecule has 1 saturated heterocycles. The molecule has 0 spiro atoms. The van der Waals surface area contributed by atoms with Gasteiger partial charge in [0.05, 0.1) is 11.6 Å². The van der Waals surface area contributed by atoms with Gasteiger partial charge < -0.3 is 4.74 Å². The molecule has 30 heavy (non-hydrogen) atoms. The van der Waals surface area contributed by atoms with Gasteiger partial charge in [0.15, 0.2) is 0 Å². The van der Waals surface area contributed by atoms with E-state index in [9.17, 15) is 4.79 Å².